The summed E-state index contributed by atoms with van der Waals surface area (Å²) in [6, 6.07) is 10.1. The molecule has 0 aromatic heterocycles. The van der Waals surface area contributed by atoms with Crippen molar-refractivity contribution in [1.82, 2.24) is 9.80 Å². The Morgan fingerprint density at radius 2 is 1.91 bits per heavy atom. The highest BCUT2D eigenvalue weighted by Gasteiger charge is 2.49. The van der Waals surface area contributed by atoms with Gasteiger partial charge in [-0.15, -0.1) is 0 Å². The first-order valence-electron chi connectivity index (χ1n) is 7.59. The van der Waals surface area contributed by atoms with E-state index in [1.54, 1.807) is 0 Å². The number of alkyl halides is 3. The maximum Gasteiger partial charge on any atom is 0.471 e. The number of benzene rings is 1. The molecule has 2 fully saturated rings. The van der Waals surface area contributed by atoms with Gasteiger partial charge in [-0.1, -0.05) is 30.3 Å². The Kier molecular flexibility index (Phi) is 4.12. The van der Waals surface area contributed by atoms with Crippen molar-refractivity contribution in [3.8, 4) is 0 Å². The van der Waals surface area contributed by atoms with Crippen LogP contribution < -0.4 is 0 Å². The number of hydrogen-bond acceptors (Lipinski definition) is 2. The molecule has 0 N–H and O–H groups in total. The highest BCUT2D eigenvalue weighted by molar-refractivity contribution is 5.82. The lowest BCUT2D eigenvalue weighted by atomic mass is 10.0. The highest BCUT2D eigenvalue weighted by atomic mass is 19.4. The van der Waals surface area contributed by atoms with Gasteiger partial charge in [0.05, 0.1) is 0 Å². The Hall–Kier alpha value is -1.56. The van der Waals surface area contributed by atoms with Crippen molar-refractivity contribution in [3.63, 3.8) is 0 Å². The topological polar surface area (TPSA) is 23.6 Å². The molecule has 2 heterocycles. The number of fused-ring (bicyclic) bond motifs is 1. The Labute approximate surface area is 127 Å². The van der Waals surface area contributed by atoms with Crippen LogP contribution in [0.4, 0.5) is 13.2 Å². The van der Waals surface area contributed by atoms with E-state index in [0.29, 0.717) is 0 Å². The largest absolute Gasteiger partial charge is 0.471 e. The third kappa shape index (κ3) is 3.11. The summed E-state index contributed by atoms with van der Waals surface area (Å²) in [5, 5.41) is 0. The van der Waals surface area contributed by atoms with E-state index in [4.69, 9.17) is 0 Å². The van der Waals surface area contributed by atoms with Crippen LogP contribution in [-0.4, -0.2) is 54.1 Å². The first kappa shape index (κ1) is 15.3. The van der Waals surface area contributed by atoms with Crippen molar-refractivity contribution in [3.05, 3.63) is 35.9 Å². The van der Waals surface area contributed by atoms with Gasteiger partial charge in [0, 0.05) is 25.7 Å². The van der Waals surface area contributed by atoms with E-state index in [1.165, 1.54) is 5.56 Å². The summed E-state index contributed by atoms with van der Waals surface area (Å²) in [5.74, 6) is -1.51. The normalized spacial score (nSPS) is 25.5. The fraction of sp³-hybridized carbons (Fsp3) is 0.562. The molecule has 0 spiro atoms. The molecule has 3 nitrogen and oxygen atoms in total. The van der Waals surface area contributed by atoms with Crippen LogP contribution in [0.1, 0.15) is 12.0 Å². The number of likely N-dealkylation sites (tertiary alicyclic amines) is 2. The van der Waals surface area contributed by atoms with Gasteiger partial charge in [0.1, 0.15) is 0 Å². The number of halogens is 3. The SMILES string of the molecule is O=C(N1CC2CCN(CCc3ccccc3)C2C1)C(F)(F)F. The molecule has 0 aliphatic carbocycles. The van der Waals surface area contributed by atoms with Gasteiger partial charge in [-0.3, -0.25) is 9.69 Å². The van der Waals surface area contributed by atoms with Crippen LogP contribution >= 0.6 is 0 Å². The second kappa shape index (κ2) is 5.91. The molecule has 2 aliphatic rings. The van der Waals surface area contributed by atoms with Crippen LogP contribution in [-0.2, 0) is 11.2 Å². The zero-order valence-electron chi connectivity index (χ0n) is 12.2. The maximum atomic E-state index is 12.5. The molecule has 0 radical (unpaired) electrons. The summed E-state index contributed by atoms with van der Waals surface area (Å²) in [6.45, 7) is 2.19. The van der Waals surface area contributed by atoms with Crippen LogP contribution in [0.2, 0.25) is 0 Å². The second-order valence-electron chi connectivity index (χ2n) is 6.10. The van der Waals surface area contributed by atoms with Gasteiger partial charge in [0.2, 0.25) is 0 Å². The third-order valence-corrected chi connectivity index (χ3v) is 4.72. The van der Waals surface area contributed by atoms with Crippen molar-refractivity contribution < 1.29 is 18.0 Å². The van der Waals surface area contributed by atoms with E-state index in [2.05, 4.69) is 17.0 Å². The molecule has 1 aromatic rings. The summed E-state index contributed by atoms with van der Waals surface area (Å²) in [6.07, 6.45) is -2.99. The maximum absolute atomic E-state index is 12.5. The summed E-state index contributed by atoms with van der Waals surface area (Å²) in [5.41, 5.74) is 1.23. The lowest BCUT2D eigenvalue weighted by Crippen LogP contribution is -2.43. The van der Waals surface area contributed by atoms with Gasteiger partial charge < -0.3 is 4.90 Å². The molecule has 0 saturated carbocycles. The van der Waals surface area contributed by atoms with Crippen LogP contribution in [0.5, 0.6) is 0 Å². The Morgan fingerprint density at radius 3 is 2.59 bits per heavy atom. The van der Waals surface area contributed by atoms with Gasteiger partial charge in [0.15, 0.2) is 0 Å². The molecule has 6 heteroatoms. The van der Waals surface area contributed by atoms with Crippen molar-refractivity contribution >= 4 is 5.91 Å². The lowest BCUT2D eigenvalue weighted by molar-refractivity contribution is -0.184. The number of amides is 1. The summed E-state index contributed by atoms with van der Waals surface area (Å²) in [4.78, 5) is 14.6. The first-order valence-corrected chi connectivity index (χ1v) is 7.59. The average Bonchev–Trinajstić information content (AvgIpc) is 3.05. The second-order valence-corrected chi connectivity index (χ2v) is 6.10. The Balaban J connectivity index is 1.57. The first-order chi connectivity index (χ1) is 10.4. The van der Waals surface area contributed by atoms with Gasteiger partial charge in [0.25, 0.3) is 0 Å². The van der Waals surface area contributed by atoms with E-state index in [1.807, 2.05) is 18.2 Å². The van der Waals surface area contributed by atoms with Crippen LogP contribution in [0, 0.1) is 5.92 Å². The summed E-state index contributed by atoms with van der Waals surface area (Å²) in [7, 11) is 0. The fourth-order valence-electron chi connectivity index (χ4n) is 3.59. The van der Waals surface area contributed by atoms with Crippen LogP contribution in [0.25, 0.3) is 0 Å². The van der Waals surface area contributed by atoms with Crippen molar-refractivity contribution in [1.29, 1.82) is 0 Å². The van der Waals surface area contributed by atoms with E-state index in [9.17, 15) is 18.0 Å². The molecule has 0 bridgehead atoms. The zero-order valence-corrected chi connectivity index (χ0v) is 12.2. The Bertz CT molecular complexity index is 532. The lowest BCUT2D eigenvalue weighted by Gasteiger charge is -2.25. The van der Waals surface area contributed by atoms with Crippen LogP contribution in [0.3, 0.4) is 0 Å². The van der Waals surface area contributed by atoms with E-state index in [-0.39, 0.29) is 25.0 Å². The van der Waals surface area contributed by atoms with Gasteiger partial charge in [-0.05, 0) is 30.9 Å². The van der Waals surface area contributed by atoms with Crippen LogP contribution in [0.15, 0.2) is 30.3 Å². The highest BCUT2D eigenvalue weighted by Crippen LogP contribution is 2.33. The summed E-state index contributed by atoms with van der Waals surface area (Å²) >= 11 is 0. The number of hydrogen-bond donors (Lipinski definition) is 0. The molecular weight excluding hydrogens is 293 g/mol. The van der Waals surface area contributed by atoms with Crippen molar-refractivity contribution in [2.75, 3.05) is 26.2 Å². The number of carbonyl (C=O) groups is 1. The molecule has 1 amide bonds. The molecular formula is C16H19F3N2O. The number of nitrogens with zero attached hydrogens (tertiary/aromatic N) is 2. The number of rotatable bonds is 3. The van der Waals surface area contributed by atoms with Gasteiger partial charge in [-0.25, -0.2) is 0 Å². The molecule has 22 heavy (non-hydrogen) atoms. The molecule has 3 rings (SSSR count). The minimum absolute atomic E-state index is 0.0787. The predicted octanol–water partition coefficient (Wildman–Crippen LogP) is 2.32. The molecule has 2 saturated heterocycles. The third-order valence-electron chi connectivity index (χ3n) is 4.72. The molecule has 120 valence electrons. The number of carbonyl (C=O) groups excluding carboxylic acids is 1. The van der Waals surface area contributed by atoms with Gasteiger partial charge >= 0.3 is 12.1 Å². The van der Waals surface area contributed by atoms with Crippen molar-refractivity contribution in [2.45, 2.75) is 25.1 Å². The minimum Gasteiger partial charge on any atom is -0.333 e. The molecule has 2 aliphatic heterocycles. The smallest absolute Gasteiger partial charge is 0.333 e. The minimum atomic E-state index is -4.76. The van der Waals surface area contributed by atoms with E-state index in [0.717, 1.165) is 30.8 Å². The molecule has 2 unspecified atom stereocenters. The Morgan fingerprint density at radius 1 is 1.18 bits per heavy atom. The standard InChI is InChI=1S/C16H19F3N2O/c17-16(18,19)15(22)21-10-13-7-9-20(14(13)11-21)8-6-12-4-2-1-3-5-12/h1-5,13-14H,6-11H2. The summed E-state index contributed by atoms with van der Waals surface area (Å²) < 4.78 is 37.6. The van der Waals surface area contributed by atoms with E-state index >= 15 is 0 Å². The van der Waals surface area contributed by atoms with Crippen molar-refractivity contribution in [2.24, 2.45) is 5.92 Å². The average molecular weight is 312 g/mol. The zero-order chi connectivity index (χ0) is 15.7. The van der Waals surface area contributed by atoms with Gasteiger partial charge in [-0.2, -0.15) is 13.2 Å². The predicted molar refractivity (Wildman–Crippen MR) is 76.2 cm³/mol. The molecule has 1 aromatic carbocycles. The monoisotopic (exact) mass is 312 g/mol. The van der Waals surface area contributed by atoms with E-state index < -0.39 is 12.1 Å². The fourth-order valence-corrected chi connectivity index (χ4v) is 3.59. The quantitative estimate of drug-likeness (QED) is 0.855. The molecule has 2 atom stereocenters.